The highest BCUT2D eigenvalue weighted by atomic mass is 32.2. The lowest BCUT2D eigenvalue weighted by Gasteiger charge is -2.34. The van der Waals surface area contributed by atoms with Crippen LogP contribution in [0, 0.1) is 0 Å². The van der Waals surface area contributed by atoms with Crippen LogP contribution in [0.2, 0.25) is 0 Å². The summed E-state index contributed by atoms with van der Waals surface area (Å²) in [6, 6.07) is 21.3. The van der Waals surface area contributed by atoms with E-state index >= 15 is 0 Å². The third-order valence-corrected chi connectivity index (χ3v) is 9.95. The van der Waals surface area contributed by atoms with E-state index in [1.165, 1.54) is 0 Å². The Bertz CT molecular complexity index is 2170. The molecule has 0 saturated carbocycles. The Morgan fingerprint density at radius 2 is 1.66 bits per heavy atom. The first-order valence-electron chi connectivity index (χ1n) is 11.5. The summed E-state index contributed by atoms with van der Waals surface area (Å²) in [5.74, 6) is 1.45. The lowest BCUT2D eigenvalue weighted by atomic mass is 9.84. The van der Waals surface area contributed by atoms with E-state index in [1.54, 1.807) is 12.1 Å². The topological polar surface area (TPSA) is 61.0 Å². The summed E-state index contributed by atoms with van der Waals surface area (Å²) >= 11 is 0. The predicted octanol–water partition coefficient (Wildman–Crippen LogP) is 3.33. The van der Waals surface area contributed by atoms with E-state index in [1.807, 2.05) is 42.6 Å². The van der Waals surface area contributed by atoms with Gasteiger partial charge in [0.1, 0.15) is 32.5 Å². The molecule has 164 valence electrons. The summed E-state index contributed by atoms with van der Waals surface area (Å²) in [6.07, 6.45) is 6.21. The first kappa shape index (κ1) is 17.1. The van der Waals surface area contributed by atoms with Gasteiger partial charge in [-0.05, 0) is 48.5 Å². The third-order valence-electron chi connectivity index (χ3n) is 8.13. The molecule has 6 aromatic rings. The molecule has 0 saturated heterocycles. The van der Waals surface area contributed by atoms with Crippen molar-refractivity contribution in [1.82, 2.24) is 9.25 Å². The van der Waals surface area contributed by atoms with Crippen molar-refractivity contribution in [2.45, 2.75) is 15.5 Å². The SMILES string of the molecule is O=S1(=O)c2ccc3c4c2-n2c5c1cccc5c1ccc[n+](c12)C41c2c(cccc2-n2ccc[n+]21)O3. The molecule has 3 aromatic carbocycles. The molecule has 7 heterocycles. The average Bonchev–Trinajstić information content (AvgIpc) is 3.55. The smallest absolute Gasteiger partial charge is 0.397 e. The highest BCUT2D eigenvalue weighted by Gasteiger charge is 2.69. The van der Waals surface area contributed by atoms with Crippen LogP contribution in [-0.4, -0.2) is 17.7 Å². The largest absolute Gasteiger partial charge is 0.456 e. The van der Waals surface area contributed by atoms with Crippen molar-refractivity contribution < 1.29 is 22.4 Å². The summed E-state index contributed by atoms with van der Waals surface area (Å²) in [7, 11) is -3.73. The van der Waals surface area contributed by atoms with Gasteiger partial charge in [-0.15, -0.1) is 4.68 Å². The predicted molar refractivity (Wildman–Crippen MR) is 124 cm³/mol. The molecular weight excluding hydrogens is 460 g/mol. The van der Waals surface area contributed by atoms with E-state index in [2.05, 4.69) is 49.1 Å². The first-order valence-corrected chi connectivity index (χ1v) is 12.9. The Kier molecular flexibility index (Phi) is 2.36. The maximum Gasteiger partial charge on any atom is 0.397 e. The second kappa shape index (κ2) is 4.85. The molecule has 0 radical (unpaired) electrons. The van der Waals surface area contributed by atoms with Gasteiger partial charge < -0.3 is 4.74 Å². The maximum atomic E-state index is 14.0. The van der Waals surface area contributed by atoms with Crippen LogP contribution < -0.4 is 14.0 Å². The van der Waals surface area contributed by atoms with Gasteiger partial charge in [0.25, 0.3) is 0 Å². The quantitative estimate of drug-likeness (QED) is 0.317. The highest BCUT2D eigenvalue weighted by molar-refractivity contribution is 7.92. The molecule has 0 amide bonds. The molecular formula is C27H14N4O3S+2. The van der Waals surface area contributed by atoms with E-state index in [0.717, 1.165) is 44.5 Å². The second-order valence-electron chi connectivity index (χ2n) is 9.50. The van der Waals surface area contributed by atoms with Crippen LogP contribution in [0.3, 0.4) is 0 Å². The Morgan fingerprint density at radius 3 is 2.60 bits per heavy atom. The van der Waals surface area contributed by atoms with Gasteiger partial charge >= 0.3 is 11.3 Å². The molecule has 4 aliphatic heterocycles. The Morgan fingerprint density at radius 1 is 0.800 bits per heavy atom. The lowest BCUT2D eigenvalue weighted by Crippen LogP contribution is -2.76. The summed E-state index contributed by atoms with van der Waals surface area (Å²) < 4.78 is 43.3. The first-order chi connectivity index (χ1) is 17.1. The molecule has 35 heavy (non-hydrogen) atoms. The number of hydrogen-bond donors (Lipinski definition) is 0. The fourth-order valence-electron chi connectivity index (χ4n) is 7.02. The summed E-state index contributed by atoms with van der Waals surface area (Å²) in [5.41, 5.74) is 4.44. The molecule has 0 N–H and O–H groups in total. The molecule has 4 aliphatic rings. The van der Waals surface area contributed by atoms with Gasteiger partial charge in [-0.3, -0.25) is 0 Å². The van der Waals surface area contributed by atoms with Crippen LogP contribution in [0.1, 0.15) is 11.1 Å². The van der Waals surface area contributed by atoms with E-state index in [-0.39, 0.29) is 0 Å². The van der Waals surface area contributed by atoms with Gasteiger partial charge in [0.05, 0.1) is 17.8 Å². The number of sulfone groups is 1. The van der Waals surface area contributed by atoms with E-state index in [0.29, 0.717) is 21.2 Å². The second-order valence-corrected chi connectivity index (χ2v) is 11.4. The molecule has 0 aliphatic carbocycles. The fourth-order valence-corrected chi connectivity index (χ4v) is 8.66. The zero-order valence-electron chi connectivity index (χ0n) is 18.0. The number of rotatable bonds is 0. The minimum atomic E-state index is -3.73. The van der Waals surface area contributed by atoms with Gasteiger partial charge in [-0.1, -0.05) is 16.8 Å². The van der Waals surface area contributed by atoms with Crippen molar-refractivity contribution in [1.29, 1.82) is 0 Å². The molecule has 8 heteroatoms. The van der Waals surface area contributed by atoms with Crippen LogP contribution in [0.4, 0.5) is 0 Å². The van der Waals surface area contributed by atoms with Crippen molar-refractivity contribution in [3.63, 3.8) is 0 Å². The molecule has 0 bridgehead atoms. The maximum absolute atomic E-state index is 14.0. The van der Waals surface area contributed by atoms with E-state index in [4.69, 9.17) is 4.74 Å². The number of para-hydroxylation sites is 1. The van der Waals surface area contributed by atoms with E-state index < -0.39 is 15.5 Å². The molecule has 3 aromatic heterocycles. The van der Waals surface area contributed by atoms with Crippen LogP contribution in [0.5, 0.6) is 11.5 Å². The minimum Gasteiger partial charge on any atom is -0.456 e. The number of fused-ring (bicyclic) bond motifs is 3. The van der Waals surface area contributed by atoms with Gasteiger partial charge in [-0.25, -0.2) is 8.42 Å². The van der Waals surface area contributed by atoms with E-state index in [9.17, 15) is 8.42 Å². The fraction of sp³-hybridized carbons (Fsp3) is 0.0370. The van der Waals surface area contributed by atoms with Gasteiger partial charge in [-0.2, -0.15) is 9.13 Å². The summed E-state index contributed by atoms with van der Waals surface area (Å²) in [5, 5.41) is 1.95. The summed E-state index contributed by atoms with van der Waals surface area (Å²) in [4.78, 5) is 0.666. The van der Waals surface area contributed by atoms with Crippen molar-refractivity contribution in [3.05, 3.63) is 96.4 Å². The molecule has 0 fully saturated rings. The molecule has 1 atom stereocenters. The number of nitrogens with zero attached hydrogens (tertiary/aromatic N) is 4. The number of benzene rings is 3. The van der Waals surface area contributed by atoms with Crippen molar-refractivity contribution in [2.24, 2.45) is 0 Å². The highest BCUT2D eigenvalue weighted by Crippen LogP contribution is 2.57. The van der Waals surface area contributed by atoms with Crippen LogP contribution in [0.25, 0.3) is 33.3 Å². The van der Waals surface area contributed by atoms with Crippen LogP contribution >= 0.6 is 0 Å². The number of hydrogen-bond acceptors (Lipinski definition) is 3. The standard InChI is InChI=1S/C27H14N4O3S/c32-35(33)20-9-1-5-15-16-6-3-12-28-26(16)31(24(15)20)25-21(35)11-10-19-23(25)27(28)22-17(7-2-8-18(22)34-19)29-13-4-14-30(27)29/h1-14H/q+2. The number of ether oxygens (including phenoxy) is 1. The van der Waals surface area contributed by atoms with Crippen LogP contribution in [0.15, 0.2) is 95.1 Å². The minimum absolute atomic E-state index is 0.318. The van der Waals surface area contributed by atoms with Gasteiger partial charge in [0.2, 0.25) is 16.0 Å². The van der Waals surface area contributed by atoms with Gasteiger partial charge in [0.15, 0.2) is 16.8 Å². The van der Waals surface area contributed by atoms with Crippen LogP contribution in [-0.2, 0) is 15.5 Å². The van der Waals surface area contributed by atoms with Gasteiger partial charge in [0, 0.05) is 11.5 Å². The van der Waals surface area contributed by atoms with Crippen molar-refractivity contribution in [3.8, 4) is 22.9 Å². The lowest BCUT2D eigenvalue weighted by molar-refractivity contribution is -0.987. The number of pyridine rings is 1. The molecule has 1 unspecified atom stereocenters. The molecule has 7 nitrogen and oxygen atoms in total. The Balaban J connectivity index is 1.62. The monoisotopic (exact) mass is 474 g/mol. The van der Waals surface area contributed by atoms with Crippen molar-refractivity contribution in [2.75, 3.05) is 0 Å². The molecule has 1 spiro atoms. The average molecular weight is 475 g/mol. The zero-order valence-corrected chi connectivity index (χ0v) is 18.8. The zero-order chi connectivity index (χ0) is 22.8. The van der Waals surface area contributed by atoms with Crippen molar-refractivity contribution >= 4 is 31.8 Å². The molecule has 10 rings (SSSR count). The normalized spacial score (nSPS) is 20.2. The number of aromatic nitrogens is 4. The Hall–Kier alpha value is -4.43. The summed E-state index contributed by atoms with van der Waals surface area (Å²) in [6.45, 7) is 0. The third kappa shape index (κ3) is 1.45. The Labute approximate surface area is 198 Å².